The Labute approximate surface area is 198 Å². The van der Waals surface area contributed by atoms with Gasteiger partial charge in [0.05, 0.1) is 12.3 Å². The quantitative estimate of drug-likeness (QED) is 0.346. The van der Waals surface area contributed by atoms with E-state index in [2.05, 4.69) is 52.7 Å². The van der Waals surface area contributed by atoms with E-state index in [1.807, 2.05) is 42.5 Å². The lowest BCUT2D eigenvalue weighted by Gasteiger charge is -2.20. The number of hydrogen-bond acceptors (Lipinski definition) is 7. The highest BCUT2D eigenvalue weighted by molar-refractivity contribution is 5.73. The molecule has 0 saturated heterocycles. The minimum Gasteiger partial charge on any atom is -0.478 e. The van der Waals surface area contributed by atoms with E-state index in [1.165, 1.54) is 0 Å². The second kappa shape index (κ2) is 9.51. The highest BCUT2D eigenvalue weighted by atomic mass is 16.7. The molecular weight excluding hydrogens is 430 g/mol. The molecule has 0 spiro atoms. The molecule has 8 heteroatoms. The maximum atomic E-state index is 6.11. The van der Waals surface area contributed by atoms with Crippen LogP contribution >= 0.6 is 0 Å². The molecule has 0 atom stereocenters. The van der Waals surface area contributed by atoms with Gasteiger partial charge in [-0.1, -0.05) is 50.2 Å². The molecule has 5 rings (SSSR count). The van der Waals surface area contributed by atoms with E-state index in [9.17, 15) is 0 Å². The Kier molecular flexibility index (Phi) is 6.12. The zero-order valence-corrected chi connectivity index (χ0v) is 19.3. The molecular formula is C26H27N5O3. The first kappa shape index (κ1) is 21.9. The van der Waals surface area contributed by atoms with Gasteiger partial charge in [-0.15, -0.1) is 5.10 Å². The number of nitrogens with one attached hydrogen (secondary N) is 1. The Morgan fingerprint density at radius 1 is 0.912 bits per heavy atom. The summed E-state index contributed by atoms with van der Waals surface area (Å²) in [6.07, 6.45) is 2.84. The second-order valence-corrected chi connectivity index (χ2v) is 8.95. The first-order chi connectivity index (χ1) is 16.6. The van der Waals surface area contributed by atoms with Gasteiger partial charge >= 0.3 is 0 Å². The fourth-order valence-corrected chi connectivity index (χ4v) is 3.99. The van der Waals surface area contributed by atoms with Gasteiger partial charge in [0.15, 0.2) is 17.3 Å². The van der Waals surface area contributed by atoms with Crippen LogP contribution in [0.3, 0.4) is 0 Å². The van der Waals surface area contributed by atoms with Crippen LogP contribution in [0.4, 0.5) is 0 Å². The standard InChI is InChI=1S/C26H27N5O3/c1-26(2,25-28-30-31-29-25)12-6-7-13-32-24-16-20(14-21(27-24)18-8-4-3-5-9-18)19-10-11-22-23(15-19)34-17-33-22/h3-5,8-11,14-16H,6-7,12-13,17H2,1-2H3,(H,28,29,30,31). The predicted molar refractivity (Wildman–Crippen MR) is 128 cm³/mol. The van der Waals surface area contributed by atoms with Gasteiger partial charge in [0.25, 0.3) is 0 Å². The maximum absolute atomic E-state index is 6.11. The zero-order chi connectivity index (χ0) is 23.4. The van der Waals surface area contributed by atoms with Crippen LogP contribution in [-0.4, -0.2) is 39.0 Å². The van der Waals surface area contributed by atoms with Gasteiger partial charge < -0.3 is 14.2 Å². The molecule has 0 aliphatic carbocycles. The van der Waals surface area contributed by atoms with Crippen molar-refractivity contribution in [3.8, 4) is 39.8 Å². The van der Waals surface area contributed by atoms with Crippen LogP contribution in [-0.2, 0) is 5.41 Å². The van der Waals surface area contributed by atoms with Gasteiger partial charge in [-0.3, -0.25) is 0 Å². The van der Waals surface area contributed by atoms with Crippen molar-refractivity contribution in [2.45, 2.75) is 38.5 Å². The van der Waals surface area contributed by atoms with Gasteiger partial charge in [0.2, 0.25) is 12.7 Å². The van der Waals surface area contributed by atoms with Crippen molar-refractivity contribution < 1.29 is 14.2 Å². The normalized spacial score (nSPS) is 12.6. The van der Waals surface area contributed by atoms with Crippen molar-refractivity contribution >= 4 is 0 Å². The number of nitrogens with zero attached hydrogens (tertiary/aromatic N) is 4. The van der Waals surface area contributed by atoms with Gasteiger partial charge in [0.1, 0.15) is 0 Å². The minimum absolute atomic E-state index is 0.110. The van der Waals surface area contributed by atoms with Crippen LogP contribution in [0.25, 0.3) is 22.4 Å². The van der Waals surface area contributed by atoms with Crippen LogP contribution in [0, 0.1) is 0 Å². The van der Waals surface area contributed by atoms with Crippen molar-refractivity contribution in [2.75, 3.05) is 13.4 Å². The van der Waals surface area contributed by atoms with E-state index in [-0.39, 0.29) is 12.2 Å². The van der Waals surface area contributed by atoms with Crippen LogP contribution < -0.4 is 14.2 Å². The molecule has 2 aromatic heterocycles. The smallest absolute Gasteiger partial charge is 0.231 e. The summed E-state index contributed by atoms with van der Waals surface area (Å²) in [6.45, 7) is 5.11. The molecule has 34 heavy (non-hydrogen) atoms. The average molecular weight is 458 g/mol. The highest BCUT2D eigenvalue weighted by Crippen LogP contribution is 2.37. The fraction of sp³-hybridized carbons (Fsp3) is 0.308. The van der Waals surface area contributed by atoms with Gasteiger partial charge in [-0.05, 0) is 59.0 Å². The third-order valence-corrected chi connectivity index (χ3v) is 6.01. The summed E-state index contributed by atoms with van der Waals surface area (Å²) in [5, 5.41) is 14.3. The van der Waals surface area contributed by atoms with Gasteiger partial charge in [0, 0.05) is 17.0 Å². The zero-order valence-electron chi connectivity index (χ0n) is 19.3. The van der Waals surface area contributed by atoms with Crippen LogP contribution in [0.2, 0.25) is 0 Å². The number of ether oxygens (including phenoxy) is 3. The summed E-state index contributed by atoms with van der Waals surface area (Å²) >= 11 is 0. The Balaban J connectivity index is 1.31. The lowest BCUT2D eigenvalue weighted by atomic mass is 9.86. The number of aromatic amines is 1. The van der Waals surface area contributed by atoms with Crippen molar-refractivity contribution in [3.05, 3.63) is 66.5 Å². The number of pyridine rings is 1. The Morgan fingerprint density at radius 2 is 1.76 bits per heavy atom. The number of fused-ring (bicyclic) bond motifs is 1. The second-order valence-electron chi connectivity index (χ2n) is 8.95. The molecule has 0 unspecified atom stereocenters. The summed E-state index contributed by atoms with van der Waals surface area (Å²) in [4.78, 5) is 4.78. The van der Waals surface area contributed by atoms with Crippen molar-refractivity contribution in [3.63, 3.8) is 0 Å². The molecule has 1 N–H and O–H groups in total. The fourth-order valence-electron chi connectivity index (χ4n) is 3.99. The molecule has 3 heterocycles. The average Bonchev–Trinajstić information content (AvgIpc) is 3.56. The van der Waals surface area contributed by atoms with Crippen LogP contribution in [0.15, 0.2) is 60.7 Å². The first-order valence-electron chi connectivity index (χ1n) is 11.4. The van der Waals surface area contributed by atoms with E-state index < -0.39 is 0 Å². The topological polar surface area (TPSA) is 95.0 Å². The van der Waals surface area contributed by atoms with E-state index in [0.717, 1.165) is 59.0 Å². The SMILES string of the molecule is CC(C)(CCCCOc1cc(-c2ccc3c(c2)OCO3)cc(-c2ccccc2)n1)c1nnn[nH]1. The molecule has 1 aliphatic heterocycles. The van der Waals surface area contributed by atoms with E-state index >= 15 is 0 Å². The number of aromatic nitrogens is 5. The molecule has 1 aliphatic rings. The van der Waals surface area contributed by atoms with Crippen molar-refractivity contribution in [1.82, 2.24) is 25.6 Å². The summed E-state index contributed by atoms with van der Waals surface area (Å²) in [6, 6.07) is 20.1. The number of rotatable bonds is 9. The summed E-state index contributed by atoms with van der Waals surface area (Å²) < 4.78 is 17.1. The summed E-state index contributed by atoms with van der Waals surface area (Å²) in [5.41, 5.74) is 3.83. The van der Waals surface area contributed by atoms with E-state index in [1.54, 1.807) is 0 Å². The molecule has 2 aromatic carbocycles. The first-order valence-corrected chi connectivity index (χ1v) is 11.4. The number of benzene rings is 2. The number of H-pyrrole nitrogens is 1. The molecule has 174 valence electrons. The maximum Gasteiger partial charge on any atom is 0.231 e. The predicted octanol–water partition coefficient (Wildman–Crippen LogP) is 5.18. The van der Waals surface area contributed by atoms with Crippen LogP contribution in [0.5, 0.6) is 17.4 Å². The van der Waals surface area contributed by atoms with Crippen LogP contribution in [0.1, 0.15) is 38.9 Å². The third kappa shape index (κ3) is 4.85. The minimum atomic E-state index is -0.110. The number of unbranched alkanes of at least 4 members (excludes halogenated alkanes) is 1. The summed E-state index contributed by atoms with van der Waals surface area (Å²) in [7, 11) is 0. The third-order valence-electron chi connectivity index (χ3n) is 6.01. The summed E-state index contributed by atoms with van der Waals surface area (Å²) in [5.74, 6) is 2.93. The largest absolute Gasteiger partial charge is 0.478 e. The lowest BCUT2D eigenvalue weighted by molar-refractivity contribution is 0.174. The van der Waals surface area contributed by atoms with E-state index in [4.69, 9.17) is 19.2 Å². The molecule has 4 aromatic rings. The van der Waals surface area contributed by atoms with E-state index in [0.29, 0.717) is 12.5 Å². The number of hydrogen-bond donors (Lipinski definition) is 1. The Hall–Kier alpha value is -3.94. The molecule has 0 saturated carbocycles. The molecule has 8 nitrogen and oxygen atoms in total. The van der Waals surface area contributed by atoms with Crippen molar-refractivity contribution in [1.29, 1.82) is 0 Å². The number of tetrazole rings is 1. The Morgan fingerprint density at radius 3 is 2.59 bits per heavy atom. The molecule has 0 fully saturated rings. The molecule has 0 bridgehead atoms. The van der Waals surface area contributed by atoms with Gasteiger partial charge in [-0.25, -0.2) is 10.1 Å². The monoisotopic (exact) mass is 457 g/mol. The molecule has 0 radical (unpaired) electrons. The lowest BCUT2D eigenvalue weighted by Crippen LogP contribution is -2.19. The van der Waals surface area contributed by atoms with Gasteiger partial charge in [-0.2, -0.15) is 0 Å². The highest BCUT2D eigenvalue weighted by Gasteiger charge is 2.24. The molecule has 0 amide bonds. The Bertz CT molecular complexity index is 1240. The van der Waals surface area contributed by atoms with Crippen molar-refractivity contribution in [2.24, 2.45) is 0 Å².